The maximum Gasteiger partial charge on any atom is 0.335 e. The van der Waals surface area contributed by atoms with E-state index in [1.807, 2.05) is 18.4 Å². The third-order valence-corrected chi connectivity index (χ3v) is 8.32. The minimum Gasteiger partial charge on any atom is -0.478 e. The van der Waals surface area contributed by atoms with Crippen LogP contribution in [0.5, 0.6) is 0 Å². The number of hydrogen-bond donors (Lipinski definition) is 3. The Morgan fingerprint density at radius 2 is 1.78 bits per heavy atom. The SMILES string of the molecule is CNC(=O)c1c(-c2ccc(F)cc2)oc2cc(N(CCOCCOCc3ccc(C(=O)O)c(C)c3)SC)c(C3CC3)cc12.CS. The van der Waals surface area contributed by atoms with Crippen LogP contribution in [0.2, 0.25) is 0 Å². The van der Waals surface area contributed by atoms with Gasteiger partial charge in [0.1, 0.15) is 17.2 Å². The Morgan fingerprint density at radius 3 is 2.40 bits per heavy atom. The van der Waals surface area contributed by atoms with E-state index < -0.39 is 5.97 Å². The van der Waals surface area contributed by atoms with E-state index in [1.165, 1.54) is 17.7 Å². The summed E-state index contributed by atoms with van der Waals surface area (Å²) in [5.41, 5.74) is 5.80. The summed E-state index contributed by atoms with van der Waals surface area (Å²) in [4.78, 5) is 24.2. The van der Waals surface area contributed by atoms with Gasteiger partial charge in [0.05, 0.1) is 49.8 Å². The van der Waals surface area contributed by atoms with Gasteiger partial charge >= 0.3 is 5.97 Å². The summed E-state index contributed by atoms with van der Waals surface area (Å²) in [7, 11) is 1.59. The summed E-state index contributed by atoms with van der Waals surface area (Å²) in [6, 6.07) is 15.2. The maximum absolute atomic E-state index is 13.6. The molecule has 0 radical (unpaired) electrons. The molecule has 0 aliphatic heterocycles. The van der Waals surface area contributed by atoms with Gasteiger partial charge in [-0.3, -0.25) is 4.79 Å². The van der Waals surface area contributed by atoms with Gasteiger partial charge in [-0.1, -0.05) is 24.1 Å². The summed E-state index contributed by atoms with van der Waals surface area (Å²) < 4.78 is 33.7. The molecule has 45 heavy (non-hydrogen) atoms. The monoisotopic (exact) mass is 654 g/mol. The van der Waals surface area contributed by atoms with Gasteiger partial charge in [0.2, 0.25) is 0 Å². The number of anilines is 1. The Labute approximate surface area is 272 Å². The quantitative estimate of drug-likeness (QED) is 0.0738. The first-order valence-electron chi connectivity index (χ1n) is 14.6. The van der Waals surface area contributed by atoms with E-state index in [1.54, 1.807) is 56.4 Å². The first-order valence-corrected chi connectivity index (χ1v) is 16.7. The largest absolute Gasteiger partial charge is 0.478 e. The average Bonchev–Trinajstić information content (AvgIpc) is 3.83. The van der Waals surface area contributed by atoms with Gasteiger partial charge < -0.3 is 28.6 Å². The molecular formula is C34H39FN2O6S2. The van der Waals surface area contributed by atoms with E-state index in [2.05, 4.69) is 28.3 Å². The fraction of sp³-hybridized carbons (Fsp3) is 0.353. The van der Waals surface area contributed by atoms with Crippen molar-refractivity contribution in [3.8, 4) is 11.3 Å². The first kappa shape index (κ1) is 34.4. The Kier molecular flexibility index (Phi) is 12.3. The number of carboxylic acids is 1. The minimum atomic E-state index is -0.936. The third-order valence-electron chi connectivity index (χ3n) is 7.50. The zero-order valence-corrected chi connectivity index (χ0v) is 27.6. The molecular weight excluding hydrogens is 616 g/mol. The van der Waals surface area contributed by atoms with Crippen molar-refractivity contribution in [1.82, 2.24) is 5.32 Å². The molecule has 1 saturated carbocycles. The number of halogens is 1. The topological polar surface area (TPSA) is 101 Å². The van der Waals surface area contributed by atoms with E-state index >= 15 is 0 Å². The molecule has 1 fully saturated rings. The van der Waals surface area contributed by atoms with Crippen molar-refractivity contribution in [2.45, 2.75) is 32.3 Å². The number of carbonyl (C=O) groups excluding carboxylic acids is 1. The second-order valence-electron chi connectivity index (χ2n) is 10.5. The van der Waals surface area contributed by atoms with Crippen molar-refractivity contribution >= 4 is 53.1 Å². The molecule has 3 aromatic carbocycles. The molecule has 1 aliphatic carbocycles. The van der Waals surface area contributed by atoms with Crippen LogP contribution in [0.4, 0.5) is 10.1 Å². The van der Waals surface area contributed by atoms with Crippen LogP contribution in [0.25, 0.3) is 22.3 Å². The van der Waals surface area contributed by atoms with Crippen molar-refractivity contribution in [1.29, 1.82) is 0 Å². The molecule has 2 N–H and O–H groups in total. The summed E-state index contributed by atoms with van der Waals surface area (Å²) in [6.07, 6.45) is 5.89. The number of carbonyl (C=O) groups is 2. The van der Waals surface area contributed by atoms with E-state index in [9.17, 15) is 19.1 Å². The number of amides is 1. The summed E-state index contributed by atoms with van der Waals surface area (Å²) in [5.74, 6) is -0.711. The van der Waals surface area contributed by atoms with Crippen LogP contribution in [-0.2, 0) is 16.1 Å². The van der Waals surface area contributed by atoms with Gasteiger partial charge in [0.25, 0.3) is 5.91 Å². The first-order chi connectivity index (χ1) is 21.8. The number of rotatable bonds is 14. The molecule has 1 heterocycles. The lowest BCUT2D eigenvalue weighted by atomic mass is 10.0. The molecule has 0 spiro atoms. The fourth-order valence-corrected chi connectivity index (χ4v) is 5.78. The van der Waals surface area contributed by atoms with Crippen LogP contribution in [0.3, 0.4) is 0 Å². The van der Waals surface area contributed by atoms with Crippen molar-refractivity contribution in [3.05, 3.63) is 88.2 Å². The summed E-state index contributed by atoms with van der Waals surface area (Å²) >= 11 is 5.13. The van der Waals surface area contributed by atoms with Crippen LogP contribution in [0.15, 0.2) is 59.0 Å². The molecule has 240 valence electrons. The highest BCUT2D eigenvalue weighted by Crippen LogP contribution is 2.48. The summed E-state index contributed by atoms with van der Waals surface area (Å²) in [5, 5.41) is 12.7. The van der Waals surface area contributed by atoms with Gasteiger partial charge in [-0.2, -0.15) is 12.6 Å². The van der Waals surface area contributed by atoms with Gasteiger partial charge in [-0.15, -0.1) is 0 Å². The van der Waals surface area contributed by atoms with E-state index in [0.717, 1.165) is 29.5 Å². The Morgan fingerprint density at radius 1 is 1.07 bits per heavy atom. The number of fused-ring (bicyclic) bond motifs is 1. The van der Waals surface area contributed by atoms with Crippen molar-refractivity contribution < 1.29 is 33.0 Å². The molecule has 1 amide bonds. The number of ether oxygens (including phenoxy) is 2. The van der Waals surface area contributed by atoms with E-state index in [0.29, 0.717) is 72.5 Å². The number of aryl methyl sites for hydroxylation is 1. The molecule has 1 aliphatic rings. The zero-order valence-electron chi connectivity index (χ0n) is 25.9. The molecule has 0 unspecified atom stereocenters. The molecule has 0 bridgehead atoms. The number of hydrogen-bond acceptors (Lipinski definition) is 8. The van der Waals surface area contributed by atoms with Crippen LogP contribution < -0.4 is 9.62 Å². The fourth-order valence-electron chi connectivity index (χ4n) is 5.16. The second-order valence-corrected chi connectivity index (χ2v) is 11.3. The van der Waals surface area contributed by atoms with E-state index in [-0.39, 0.29) is 11.7 Å². The number of carboxylic acid groups (broad SMARTS) is 1. The Hall–Kier alpha value is -3.51. The van der Waals surface area contributed by atoms with Gasteiger partial charge in [-0.25, -0.2) is 9.18 Å². The molecule has 0 saturated heterocycles. The highest BCUT2D eigenvalue weighted by molar-refractivity contribution is 7.99. The molecule has 0 atom stereocenters. The van der Waals surface area contributed by atoms with Gasteiger partial charge in [0, 0.05) is 30.3 Å². The number of thiol groups is 1. The number of nitrogens with one attached hydrogen (secondary N) is 1. The second kappa shape index (κ2) is 16.2. The van der Waals surface area contributed by atoms with Crippen LogP contribution in [0, 0.1) is 12.7 Å². The molecule has 8 nitrogen and oxygen atoms in total. The highest BCUT2D eigenvalue weighted by atomic mass is 32.2. The molecule has 4 aromatic rings. The number of nitrogens with zero attached hydrogens (tertiary/aromatic N) is 1. The normalized spacial score (nSPS) is 12.5. The van der Waals surface area contributed by atoms with E-state index in [4.69, 9.17) is 13.9 Å². The number of benzene rings is 3. The molecule has 1 aromatic heterocycles. The van der Waals surface area contributed by atoms with Crippen molar-refractivity contribution in [2.75, 3.05) is 50.2 Å². The van der Waals surface area contributed by atoms with Crippen LogP contribution >= 0.6 is 24.6 Å². The minimum absolute atomic E-state index is 0.252. The molecule has 5 rings (SSSR count). The van der Waals surface area contributed by atoms with Crippen molar-refractivity contribution in [2.24, 2.45) is 0 Å². The lowest BCUT2D eigenvalue weighted by molar-refractivity contribution is 0.0436. The van der Waals surface area contributed by atoms with Crippen LogP contribution in [-0.4, -0.2) is 62.9 Å². The summed E-state index contributed by atoms with van der Waals surface area (Å²) in [6.45, 7) is 4.12. The molecule has 11 heteroatoms. The van der Waals surface area contributed by atoms with Crippen LogP contribution in [0.1, 0.15) is 56.2 Å². The maximum atomic E-state index is 13.6. The average molecular weight is 655 g/mol. The predicted octanol–water partition coefficient (Wildman–Crippen LogP) is 7.35. The van der Waals surface area contributed by atoms with Gasteiger partial charge in [-0.05, 0) is 85.0 Å². The smallest absolute Gasteiger partial charge is 0.335 e. The standard InChI is InChI=1S/C33H35FN2O6S.CH4S/c1-20-16-21(4-11-25(20)33(38)39)19-41-15-14-40-13-12-36(43-3)28-18-29-27(17-26(28)22-5-6-22)30(32(37)35-2)31(42-29)23-7-9-24(34)10-8-23;1-2/h4,7-11,16-18,22H,5-6,12-15,19H2,1-3H3,(H,35,37)(H,38,39);2H,1H3. The third kappa shape index (κ3) is 8.40. The number of aromatic carboxylic acids is 1. The lowest BCUT2D eigenvalue weighted by Crippen LogP contribution is -2.22. The lowest BCUT2D eigenvalue weighted by Gasteiger charge is -2.24. The highest BCUT2D eigenvalue weighted by Gasteiger charge is 2.31. The van der Waals surface area contributed by atoms with Gasteiger partial charge in [0.15, 0.2) is 0 Å². The Balaban J connectivity index is 0.00000226. The Bertz CT molecular complexity index is 1620. The number of furan rings is 1. The van der Waals surface area contributed by atoms with Crippen molar-refractivity contribution in [3.63, 3.8) is 0 Å². The predicted molar refractivity (Wildman–Crippen MR) is 181 cm³/mol. The zero-order chi connectivity index (χ0) is 32.5.